The minimum absolute atomic E-state index is 0.221. The van der Waals surface area contributed by atoms with Crippen LogP contribution in [0.3, 0.4) is 0 Å². The summed E-state index contributed by atoms with van der Waals surface area (Å²) >= 11 is 5.73. The summed E-state index contributed by atoms with van der Waals surface area (Å²) in [5.41, 5.74) is 0.863. The molecule has 0 aliphatic heterocycles. The Hall–Kier alpha value is -0.560. The fourth-order valence-electron chi connectivity index (χ4n) is 0.814. The average molecular weight is 189 g/mol. The number of hydrogen-bond acceptors (Lipinski definition) is 0. The van der Waals surface area contributed by atoms with Crippen LogP contribution in [0, 0.1) is 5.82 Å². The van der Waals surface area contributed by atoms with Crippen LogP contribution in [0.25, 0.3) is 0 Å². The largest absolute Gasteiger partial charge is 0.207 e. The Bertz CT molecular complexity index is 233. The lowest BCUT2D eigenvalue weighted by atomic mass is 10.2. The Morgan fingerprint density at radius 3 is 2.33 bits per heavy atom. The SMILES string of the molecule is CC.CCc1cc(F)ccc1Cl. The second-order valence-electron chi connectivity index (χ2n) is 2.09. The molecule has 0 N–H and O–H groups in total. The summed E-state index contributed by atoms with van der Waals surface area (Å²) in [5.74, 6) is -0.221. The van der Waals surface area contributed by atoms with Gasteiger partial charge in [-0.25, -0.2) is 4.39 Å². The van der Waals surface area contributed by atoms with Crippen molar-refractivity contribution < 1.29 is 4.39 Å². The number of hydrogen-bond donors (Lipinski definition) is 0. The summed E-state index contributed by atoms with van der Waals surface area (Å²) in [4.78, 5) is 0. The monoisotopic (exact) mass is 188 g/mol. The topological polar surface area (TPSA) is 0 Å². The molecule has 0 spiro atoms. The molecule has 0 saturated heterocycles. The molecule has 0 unspecified atom stereocenters. The molecule has 0 nitrogen and oxygen atoms in total. The molecule has 0 aromatic heterocycles. The van der Waals surface area contributed by atoms with Crippen LogP contribution in [0.15, 0.2) is 18.2 Å². The minimum Gasteiger partial charge on any atom is -0.207 e. The van der Waals surface area contributed by atoms with Gasteiger partial charge in [-0.3, -0.25) is 0 Å². The Morgan fingerprint density at radius 2 is 1.92 bits per heavy atom. The summed E-state index contributed by atoms with van der Waals surface area (Å²) in [5, 5.41) is 0.643. The summed E-state index contributed by atoms with van der Waals surface area (Å²) in [6.45, 7) is 5.95. The van der Waals surface area contributed by atoms with Gasteiger partial charge in [-0.2, -0.15) is 0 Å². The van der Waals surface area contributed by atoms with E-state index in [0.29, 0.717) is 5.02 Å². The van der Waals surface area contributed by atoms with Crippen molar-refractivity contribution in [1.29, 1.82) is 0 Å². The van der Waals surface area contributed by atoms with Crippen molar-refractivity contribution in [3.63, 3.8) is 0 Å². The summed E-state index contributed by atoms with van der Waals surface area (Å²) < 4.78 is 12.5. The zero-order valence-corrected chi connectivity index (χ0v) is 8.45. The van der Waals surface area contributed by atoms with Crippen LogP contribution in [-0.2, 0) is 6.42 Å². The van der Waals surface area contributed by atoms with E-state index in [1.165, 1.54) is 12.1 Å². The molecule has 0 heterocycles. The van der Waals surface area contributed by atoms with Gasteiger partial charge in [0.05, 0.1) is 0 Å². The lowest BCUT2D eigenvalue weighted by Gasteiger charge is -1.98. The highest BCUT2D eigenvalue weighted by atomic mass is 35.5. The molecule has 0 radical (unpaired) electrons. The number of halogens is 2. The Labute approximate surface area is 78.4 Å². The standard InChI is InChI=1S/C8H8ClF.C2H6/c1-2-6-5-7(10)3-4-8(6)9;1-2/h3-5H,2H2,1H3;1-2H3. The van der Waals surface area contributed by atoms with E-state index in [1.807, 2.05) is 20.8 Å². The van der Waals surface area contributed by atoms with Gasteiger partial charge in [-0.15, -0.1) is 0 Å². The fourth-order valence-corrected chi connectivity index (χ4v) is 1.07. The molecule has 0 atom stereocenters. The highest BCUT2D eigenvalue weighted by Crippen LogP contribution is 2.16. The third-order valence-electron chi connectivity index (χ3n) is 1.39. The van der Waals surface area contributed by atoms with Crippen molar-refractivity contribution in [1.82, 2.24) is 0 Å². The zero-order chi connectivity index (χ0) is 9.56. The highest BCUT2D eigenvalue weighted by Gasteiger charge is 1.97. The smallest absolute Gasteiger partial charge is 0.123 e. The number of benzene rings is 1. The molecule has 0 bridgehead atoms. The summed E-state index contributed by atoms with van der Waals surface area (Å²) in [6, 6.07) is 4.40. The number of aryl methyl sites for hydroxylation is 1. The third kappa shape index (κ3) is 3.22. The van der Waals surface area contributed by atoms with E-state index in [9.17, 15) is 4.39 Å². The minimum atomic E-state index is -0.221. The molecular formula is C10H14ClF. The van der Waals surface area contributed by atoms with Gasteiger partial charge >= 0.3 is 0 Å². The van der Waals surface area contributed by atoms with E-state index in [4.69, 9.17) is 11.6 Å². The first-order valence-electron chi connectivity index (χ1n) is 4.18. The van der Waals surface area contributed by atoms with Crippen molar-refractivity contribution in [3.8, 4) is 0 Å². The second-order valence-corrected chi connectivity index (χ2v) is 2.50. The van der Waals surface area contributed by atoms with Gasteiger partial charge < -0.3 is 0 Å². The molecule has 2 heteroatoms. The van der Waals surface area contributed by atoms with Crippen molar-refractivity contribution in [3.05, 3.63) is 34.6 Å². The average Bonchev–Trinajstić information content (AvgIpc) is 2.13. The fraction of sp³-hybridized carbons (Fsp3) is 0.400. The Morgan fingerprint density at radius 1 is 1.33 bits per heavy atom. The molecule has 0 saturated carbocycles. The van der Waals surface area contributed by atoms with E-state index in [-0.39, 0.29) is 5.82 Å². The predicted octanol–water partition coefficient (Wildman–Crippen LogP) is 4.07. The Balaban J connectivity index is 0.000000561. The lowest BCUT2D eigenvalue weighted by molar-refractivity contribution is 0.626. The van der Waals surface area contributed by atoms with Crippen molar-refractivity contribution in [2.45, 2.75) is 27.2 Å². The van der Waals surface area contributed by atoms with Gasteiger partial charge in [0.2, 0.25) is 0 Å². The first-order chi connectivity index (χ1) is 5.74. The van der Waals surface area contributed by atoms with E-state index in [1.54, 1.807) is 6.07 Å². The lowest BCUT2D eigenvalue weighted by Crippen LogP contribution is -1.83. The summed E-state index contributed by atoms with van der Waals surface area (Å²) in [7, 11) is 0. The van der Waals surface area contributed by atoms with Crippen LogP contribution < -0.4 is 0 Å². The molecule has 12 heavy (non-hydrogen) atoms. The van der Waals surface area contributed by atoms with Crippen molar-refractivity contribution in [2.75, 3.05) is 0 Å². The Kier molecular flexibility index (Phi) is 5.73. The maximum atomic E-state index is 12.5. The highest BCUT2D eigenvalue weighted by molar-refractivity contribution is 6.31. The molecule has 1 rings (SSSR count). The van der Waals surface area contributed by atoms with Crippen LogP contribution in [0.5, 0.6) is 0 Å². The molecule has 68 valence electrons. The van der Waals surface area contributed by atoms with Crippen LogP contribution in [0.4, 0.5) is 4.39 Å². The van der Waals surface area contributed by atoms with Crippen molar-refractivity contribution >= 4 is 11.6 Å². The van der Waals surface area contributed by atoms with Gasteiger partial charge in [-0.05, 0) is 30.2 Å². The maximum absolute atomic E-state index is 12.5. The number of rotatable bonds is 1. The summed E-state index contributed by atoms with van der Waals surface area (Å²) in [6.07, 6.45) is 0.774. The molecular weight excluding hydrogens is 175 g/mol. The predicted molar refractivity (Wildman–Crippen MR) is 52.1 cm³/mol. The first-order valence-corrected chi connectivity index (χ1v) is 4.55. The van der Waals surface area contributed by atoms with Crippen LogP contribution in [0.2, 0.25) is 5.02 Å². The molecule has 0 aliphatic carbocycles. The van der Waals surface area contributed by atoms with Crippen LogP contribution >= 0.6 is 11.6 Å². The van der Waals surface area contributed by atoms with Gasteiger partial charge in [0.1, 0.15) is 5.82 Å². The van der Waals surface area contributed by atoms with E-state index < -0.39 is 0 Å². The molecule has 0 aliphatic rings. The van der Waals surface area contributed by atoms with E-state index in [2.05, 4.69) is 0 Å². The third-order valence-corrected chi connectivity index (χ3v) is 1.76. The second kappa shape index (κ2) is 6.01. The van der Waals surface area contributed by atoms with Crippen LogP contribution in [0.1, 0.15) is 26.3 Å². The molecule has 0 fully saturated rings. The zero-order valence-electron chi connectivity index (χ0n) is 7.70. The van der Waals surface area contributed by atoms with Gasteiger partial charge in [0, 0.05) is 5.02 Å². The first kappa shape index (κ1) is 11.4. The quantitative estimate of drug-likeness (QED) is 0.624. The van der Waals surface area contributed by atoms with Gasteiger partial charge in [0.25, 0.3) is 0 Å². The van der Waals surface area contributed by atoms with Crippen LogP contribution in [-0.4, -0.2) is 0 Å². The molecule has 1 aromatic carbocycles. The maximum Gasteiger partial charge on any atom is 0.123 e. The van der Waals surface area contributed by atoms with Gasteiger partial charge in [-0.1, -0.05) is 32.4 Å². The van der Waals surface area contributed by atoms with E-state index in [0.717, 1.165) is 12.0 Å². The normalized spacial score (nSPS) is 8.75. The molecule has 1 aromatic rings. The molecule has 0 amide bonds. The van der Waals surface area contributed by atoms with Gasteiger partial charge in [0.15, 0.2) is 0 Å². The van der Waals surface area contributed by atoms with Crippen molar-refractivity contribution in [2.24, 2.45) is 0 Å². The van der Waals surface area contributed by atoms with E-state index >= 15 is 0 Å².